The highest BCUT2D eigenvalue weighted by atomic mass is 79.9. The van der Waals surface area contributed by atoms with E-state index in [0.717, 1.165) is 0 Å². The van der Waals surface area contributed by atoms with Crippen molar-refractivity contribution in [3.05, 3.63) is 39.7 Å². The molecule has 0 atom stereocenters. The van der Waals surface area contributed by atoms with Crippen LogP contribution < -0.4 is 10.1 Å². The zero-order valence-corrected chi connectivity index (χ0v) is 12.3. The lowest BCUT2D eigenvalue weighted by molar-refractivity contribution is 0.457. The van der Waals surface area contributed by atoms with Crippen molar-refractivity contribution in [2.24, 2.45) is 0 Å². The van der Waals surface area contributed by atoms with E-state index in [1.54, 1.807) is 12.1 Å². The molecule has 0 radical (unpaired) electrons. The number of aromatic nitrogens is 2. The van der Waals surface area contributed by atoms with Gasteiger partial charge in [0, 0.05) is 12.6 Å². The molecule has 0 unspecified atom stereocenters. The fourth-order valence-corrected chi connectivity index (χ4v) is 1.69. The van der Waals surface area contributed by atoms with E-state index in [1.165, 1.54) is 12.3 Å². The van der Waals surface area contributed by atoms with Gasteiger partial charge in [-0.3, -0.25) is 0 Å². The van der Waals surface area contributed by atoms with Crippen LogP contribution in [0.3, 0.4) is 0 Å². The normalized spacial score (nSPS) is 10.3. The maximum absolute atomic E-state index is 13.4. The second-order valence-corrected chi connectivity index (χ2v) is 4.82. The van der Waals surface area contributed by atoms with Gasteiger partial charge in [0.05, 0.1) is 10.7 Å². The van der Waals surface area contributed by atoms with Gasteiger partial charge in [-0.05, 0) is 35.0 Å². The summed E-state index contributed by atoms with van der Waals surface area (Å²) in [7, 11) is 0. The summed E-state index contributed by atoms with van der Waals surface area (Å²) in [5, 5.41) is 3.19. The Hall–Kier alpha value is -1.40. The van der Waals surface area contributed by atoms with Gasteiger partial charge in [0.2, 0.25) is 11.8 Å². The Labute approximate surface area is 123 Å². The number of nitrogens with one attached hydrogen (secondary N) is 1. The molecule has 0 bridgehead atoms. The maximum Gasteiger partial charge on any atom is 0.243 e. The Balaban J connectivity index is 2.26. The third-order valence-corrected chi connectivity index (χ3v) is 3.05. The van der Waals surface area contributed by atoms with Crippen LogP contribution >= 0.6 is 27.5 Å². The van der Waals surface area contributed by atoms with Gasteiger partial charge in [0.1, 0.15) is 16.6 Å². The molecular weight excluding hydrogens is 337 g/mol. The van der Waals surface area contributed by atoms with Crippen LogP contribution in [-0.4, -0.2) is 16.5 Å². The molecule has 0 fully saturated rings. The molecule has 1 aromatic heterocycles. The number of hydrogen-bond donors (Lipinski definition) is 1. The zero-order valence-electron chi connectivity index (χ0n) is 9.95. The lowest BCUT2D eigenvalue weighted by Crippen LogP contribution is -2.03. The molecule has 2 aromatic rings. The van der Waals surface area contributed by atoms with E-state index in [-0.39, 0.29) is 10.9 Å². The van der Waals surface area contributed by atoms with Crippen molar-refractivity contribution in [2.75, 3.05) is 11.9 Å². The molecule has 1 aromatic carbocycles. The fourth-order valence-electron chi connectivity index (χ4n) is 1.32. The van der Waals surface area contributed by atoms with Gasteiger partial charge in [0.15, 0.2) is 0 Å². The molecule has 0 aliphatic heterocycles. The first-order chi connectivity index (χ1) is 9.10. The summed E-state index contributed by atoms with van der Waals surface area (Å²) >= 11 is 9.01. The predicted octanol–water partition coefficient (Wildman–Crippen LogP) is 4.26. The number of ether oxygens (including phenoxy) is 1. The quantitative estimate of drug-likeness (QED) is 0.899. The van der Waals surface area contributed by atoms with Crippen molar-refractivity contribution in [1.29, 1.82) is 0 Å². The first-order valence-electron chi connectivity index (χ1n) is 5.49. The van der Waals surface area contributed by atoms with Crippen LogP contribution in [0.2, 0.25) is 5.02 Å². The van der Waals surface area contributed by atoms with E-state index < -0.39 is 5.82 Å². The minimum absolute atomic E-state index is 0.175. The van der Waals surface area contributed by atoms with Crippen molar-refractivity contribution >= 4 is 33.5 Å². The average Bonchev–Trinajstić information content (AvgIpc) is 2.38. The zero-order chi connectivity index (χ0) is 13.8. The second-order valence-electron chi connectivity index (χ2n) is 3.56. The van der Waals surface area contributed by atoms with Crippen molar-refractivity contribution in [1.82, 2.24) is 9.97 Å². The van der Waals surface area contributed by atoms with Crippen molar-refractivity contribution < 1.29 is 9.13 Å². The summed E-state index contributed by atoms with van der Waals surface area (Å²) < 4.78 is 19.2. The summed E-state index contributed by atoms with van der Waals surface area (Å²) in [5.74, 6) is 0.465. The van der Waals surface area contributed by atoms with Gasteiger partial charge in [-0.2, -0.15) is 4.98 Å². The van der Waals surface area contributed by atoms with Crippen molar-refractivity contribution in [3.8, 4) is 11.6 Å². The second kappa shape index (κ2) is 6.16. The van der Waals surface area contributed by atoms with Crippen molar-refractivity contribution in [2.45, 2.75) is 6.92 Å². The van der Waals surface area contributed by atoms with E-state index in [2.05, 4.69) is 31.2 Å². The molecule has 4 nitrogen and oxygen atoms in total. The molecule has 0 spiro atoms. The van der Waals surface area contributed by atoms with Gasteiger partial charge in [-0.25, -0.2) is 9.37 Å². The topological polar surface area (TPSA) is 47.0 Å². The third kappa shape index (κ3) is 3.54. The Bertz CT molecular complexity index is 597. The molecule has 0 saturated heterocycles. The molecular formula is C12H10BrClFN3O. The smallest absolute Gasteiger partial charge is 0.243 e. The van der Waals surface area contributed by atoms with Crippen LogP contribution in [0.15, 0.2) is 28.9 Å². The van der Waals surface area contributed by atoms with Crippen LogP contribution in [0.4, 0.5) is 10.3 Å². The van der Waals surface area contributed by atoms with Gasteiger partial charge >= 0.3 is 0 Å². The Morgan fingerprint density at radius 1 is 1.47 bits per heavy atom. The lowest BCUT2D eigenvalue weighted by Gasteiger charge is -2.08. The van der Waals surface area contributed by atoms with Crippen LogP contribution in [0.25, 0.3) is 0 Å². The first-order valence-corrected chi connectivity index (χ1v) is 6.66. The molecule has 7 heteroatoms. The molecule has 1 heterocycles. The number of hydrogen-bond acceptors (Lipinski definition) is 4. The lowest BCUT2D eigenvalue weighted by atomic mass is 10.3. The summed E-state index contributed by atoms with van der Waals surface area (Å²) in [5.41, 5.74) is 0. The summed E-state index contributed by atoms with van der Waals surface area (Å²) in [4.78, 5) is 8.09. The number of rotatable bonds is 4. The number of benzene rings is 1. The van der Waals surface area contributed by atoms with Crippen LogP contribution in [0.1, 0.15) is 6.92 Å². The van der Waals surface area contributed by atoms with Crippen LogP contribution in [0.5, 0.6) is 11.6 Å². The van der Waals surface area contributed by atoms with E-state index in [0.29, 0.717) is 22.7 Å². The molecule has 100 valence electrons. The summed E-state index contributed by atoms with van der Waals surface area (Å²) in [6.45, 7) is 2.59. The Morgan fingerprint density at radius 3 is 2.95 bits per heavy atom. The molecule has 1 N–H and O–H groups in total. The third-order valence-electron chi connectivity index (χ3n) is 2.15. The predicted molar refractivity (Wildman–Crippen MR) is 75.4 cm³/mol. The highest BCUT2D eigenvalue weighted by molar-refractivity contribution is 9.10. The SMILES string of the molecule is CCNc1ncc(Cl)c(Oc2ccc(Br)c(F)c2)n1. The Kier molecular flexibility index (Phi) is 4.55. The monoisotopic (exact) mass is 345 g/mol. The minimum atomic E-state index is -0.422. The number of halogens is 3. The first kappa shape index (κ1) is 14.0. The van der Waals surface area contributed by atoms with Gasteiger partial charge in [-0.15, -0.1) is 0 Å². The number of anilines is 1. The van der Waals surface area contributed by atoms with Gasteiger partial charge in [0.25, 0.3) is 0 Å². The number of nitrogens with zero attached hydrogens (tertiary/aromatic N) is 2. The highest BCUT2D eigenvalue weighted by Gasteiger charge is 2.09. The van der Waals surface area contributed by atoms with E-state index in [9.17, 15) is 4.39 Å². The molecule has 2 rings (SSSR count). The molecule has 0 aliphatic carbocycles. The van der Waals surface area contributed by atoms with Gasteiger partial charge in [-0.1, -0.05) is 11.6 Å². The highest BCUT2D eigenvalue weighted by Crippen LogP contribution is 2.29. The Morgan fingerprint density at radius 2 is 2.26 bits per heavy atom. The molecule has 0 aliphatic rings. The molecule has 0 saturated carbocycles. The van der Waals surface area contributed by atoms with E-state index in [1.807, 2.05) is 6.92 Å². The van der Waals surface area contributed by atoms with Crippen LogP contribution in [0, 0.1) is 5.82 Å². The van der Waals surface area contributed by atoms with Gasteiger partial charge < -0.3 is 10.1 Å². The van der Waals surface area contributed by atoms with E-state index in [4.69, 9.17) is 16.3 Å². The molecule has 19 heavy (non-hydrogen) atoms. The van der Waals surface area contributed by atoms with Crippen molar-refractivity contribution in [3.63, 3.8) is 0 Å². The summed E-state index contributed by atoms with van der Waals surface area (Å²) in [6.07, 6.45) is 1.43. The standard InChI is InChI=1S/C12H10BrClFN3O/c1-2-16-12-17-6-9(14)11(18-12)19-7-3-4-8(13)10(15)5-7/h3-6H,2H2,1H3,(H,16,17,18). The minimum Gasteiger partial charge on any atom is -0.437 e. The molecule has 0 amide bonds. The maximum atomic E-state index is 13.4. The average molecular weight is 347 g/mol. The summed E-state index contributed by atoms with van der Waals surface area (Å²) in [6, 6.07) is 4.40. The largest absolute Gasteiger partial charge is 0.437 e. The van der Waals surface area contributed by atoms with Crippen LogP contribution in [-0.2, 0) is 0 Å². The fraction of sp³-hybridized carbons (Fsp3) is 0.167. The van der Waals surface area contributed by atoms with E-state index >= 15 is 0 Å².